The molecule has 0 amide bonds. The highest BCUT2D eigenvalue weighted by atomic mass is 14.7. The molecule has 1 rings (SSSR count). The van der Waals surface area contributed by atoms with Crippen LogP contribution in [0.4, 0.5) is 0 Å². The van der Waals surface area contributed by atoms with Crippen LogP contribution < -0.4 is 5.73 Å². The molecular weight excluding hydrogens is 110 g/mol. The Morgan fingerprint density at radius 2 is 2.44 bits per heavy atom. The Labute approximate surface area is 56.9 Å². The summed E-state index contributed by atoms with van der Waals surface area (Å²) in [5.41, 5.74) is 5.99. The molecule has 0 radical (unpaired) electrons. The van der Waals surface area contributed by atoms with Gasteiger partial charge in [0.25, 0.3) is 0 Å². The summed E-state index contributed by atoms with van der Waals surface area (Å²) >= 11 is 0. The van der Waals surface area contributed by atoms with Gasteiger partial charge in [-0.25, -0.2) is 0 Å². The third-order valence-corrected chi connectivity index (χ3v) is 2.12. The van der Waals surface area contributed by atoms with E-state index in [9.17, 15) is 0 Å². The van der Waals surface area contributed by atoms with Crippen molar-refractivity contribution in [1.82, 2.24) is 0 Å². The summed E-state index contributed by atoms with van der Waals surface area (Å²) in [5.74, 6) is 0.690. The van der Waals surface area contributed by atoms with Gasteiger partial charge in [0.2, 0.25) is 0 Å². The Morgan fingerprint density at radius 3 is 2.67 bits per heavy atom. The van der Waals surface area contributed by atoms with Crippen LogP contribution in [0.2, 0.25) is 0 Å². The van der Waals surface area contributed by atoms with Crippen LogP contribution in [-0.4, -0.2) is 5.54 Å². The van der Waals surface area contributed by atoms with Crippen LogP contribution in [0.15, 0.2) is 12.2 Å². The Balaban J connectivity index is 2.57. The molecule has 0 saturated carbocycles. The molecule has 52 valence electrons. The summed E-state index contributed by atoms with van der Waals surface area (Å²) in [5, 5.41) is 0. The molecule has 1 nitrogen and oxygen atoms in total. The highest BCUT2D eigenvalue weighted by Crippen LogP contribution is 2.27. The van der Waals surface area contributed by atoms with Gasteiger partial charge in [-0.2, -0.15) is 0 Å². The highest BCUT2D eigenvalue weighted by Gasteiger charge is 2.25. The van der Waals surface area contributed by atoms with E-state index in [0.717, 1.165) is 12.8 Å². The maximum Gasteiger partial charge on any atom is 0.0342 e. The van der Waals surface area contributed by atoms with Crippen molar-refractivity contribution in [1.29, 1.82) is 0 Å². The molecule has 0 bridgehead atoms. The molecule has 0 aliphatic heterocycles. The molecule has 1 heteroatoms. The van der Waals surface area contributed by atoms with E-state index in [2.05, 4.69) is 26.0 Å². The van der Waals surface area contributed by atoms with Gasteiger partial charge in [-0.3, -0.25) is 0 Å². The average Bonchev–Trinajstić information content (AvgIpc) is 2.13. The predicted octanol–water partition coefficient (Wildman–Crippen LogP) is 1.69. The Kier molecular flexibility index (Phi) is 1.62. The van der Waals surface area contributed by atoms with E-state index in [1.165, 1.54) is 0 Å². The third-order valence-electron chi connectivity index (χ3n) is 2.12. The quantitative estimate of drug-likeness (QED) is 0.530. The largest absolute Gasteiger partial charge is 0.322 e. The van der Waals surface area contributed by atoms with E-state index >= 15 is 0 Å². The molecule has 2 atom stereocenters. The van der Waals surface area contributed by atoms with Crippen molar-refractivity contribution in [3.05, 3.63) is 12.2 Å². The van der Waals surface area contributed by atoms with Crippen molar-refractivity contribution in [3.63, 3.8) is 0 Å². The molecule has 0 aromatic heterocycles. The fourth-order valence-electron chi connectivity index (χ4n) is 1.35. The molecule has 1 aliphatic rings. The van der Waals surface area contributed by atoms with Gasteiger partial charge in [0.1, 0.15) is 0 Å². The Hall–Kier alpha value is -0.300. The highest BCUT2D eigenvalue weighted by molar-refractivity contribution is 5.13. The second-order valence-electron chi connectivity index (χ2n) is 3.13. The molecule has 2 unspecified atom stereocenters. The van der Waals surface area contributed by atoms with Crippen molar-refractivity contribution in [3.8, 4) is 0 Å². The maximum atomic E-state index is 5.96. The van der Waals surface area contributed by atoms with E-state index in [0.29, 0.717) is 5.92 Å². The number of allylic oxidation sites excluding steroid dienone is 1. The minimum Gasteiger partial charge on any atom is -0.322 e. The summed E-state index contributed by atoms with van der Waals surface area (Å²) in [6, 6.07) is 0. The number of nitrogens with two attached hydrogens (primary N) is 1. The first-order valence-corrected chi connectivity index (χ1v) is 3.64. The number of hydrogen-bond acceptors (Lipinski definition) is 1. The van der Waals surface area contributed by atoms with Crippen LogP contribution in [0.5, 0.6) is 0 Å². The monoisotopic (exact) mass is 125 g/mol. The van der Waals surface area contributed by atoms with E-state index in [4.69, 9.17) is 5.73 Å². The molecular formula is C8H15N. The van der Waals surface area contributed by atoms with Gasteiger partial charge in [0, 0.05) is 5.54 Å². The number of rotatable bonds is 1. The van der Waals surface area contributed by atoms with Crippen molar-refractivity contribution in [2.24, 2.45) is 11.7 Å². The lowest BCUT2D eigenvalue weighted by Crippen LogP contribution is -2.34. The van der Waals surface area contributed by atoms with Gasteiger partial charge >= 0.3 is 0 Å². The summed E-state index contributed by atoms with van der Waals surface area (Å²) < 4.78 is 0. The van der Waals surface area contributed by atoms with Crippen LogP contribution in [0.25, 0.3) is 0 Å². The number of hydrogen-bond donors (Lipinski definition) is 1. The smallest absolute Gasteiger partial charge is 0.0342 e. The van der Waals surface area contributed by atoms with Gasteiger partial charge < -0.3 is 5.73 Å². The second kappa shape index (κ2) is 2.14. The van der Waals surface area contributed by atoms with Crippen LogP contribution >= 0.6 is 0 Å². The first-order valence-electron chi connectivity index (χ1n) is 3.64. The van der Waals surface area contributed by atoms with Crippen LogP contribution in [-0.2, 0) is 0 Å². The lowest BCUT2D eigenvalue weighted by Gasteiger charge is -2.19. The molecule has 0 heterocycles. The molecule has 0 aromatic carbocycles. The van der Waals surface area contributed by atoms with E-state index in [-0.39, 0.29) is 5.54 Å². The van der Waals surface area contributed by atoms with Crippen LogP contribution in [0, 0.1) is 5.92 Å². The second-order valence-corrected chi connectivity index (χ2v) is 3.13. The summed E-state index contributed by atoms with van der Waals surface area (Å²) in [7, 11) is 0. The summed E-state index contributed by atoms with van der Waals surface area (Å²) in [6.07, 6.45) is 6.55. The zero-order valence-electron chi connectivity index (χ0n) is 6.22. The fourth-order valence-corrected chi connectivity index (χ4v) is 1.35. The summed E-state index contributed by atoms with van der Waals surface area (Å²) in [4.78, 5) is 0. The normalized spacial score (nSPS) is 41.9. The van der Waals surface area contributed by atoms with Crippen LogP contribution in [0.1, 0.15) is 26.7 Å². The zero-order valence-corrected chi connectivity index (χ0v) is 6.22. The zero-order chi connectivity index (χ0) is 6.91. The molecule has 9 heavy (non-hydrogen) atoms. The minimum atomic E-state index is 0.0272. The Bertz CT molecular complexity index is 129. The van der Waals surface area contributed by atoms with E-state index < -0.39 is 0 Å². The predicted molar refractivity (Wildman–Crippen MR) is 40.1 cm³/mol. The minimum absolute atomic E-state index is 0.0272. The maximum absolute atomic E-state index is 5.96. The van der Waals surface area contributed by atoms with Crippen molar-refractivity contribution in [2.45, 2.75) is 32.2 Å². The van der Waals surface area contributed by atoms with Gasteiger partial charge in [-0.1, -0.05) is 26.0 Å². The van der Waals surface area contributed by atoms with Crippen molar-refractivity contribution in [2.75, 3.05) is 0 Å². The van der Waals surface area contributed by atoms with Crippen molar-refractivity contribution < 1.29 is 0 Å². The Morgan fingerprint density at radius 1 is 1.78 bits per heavy atom. The first-order chi connectivity index (χ1) is 4.16. The summed E-state index contributed by atoms with van der Waals surface area (Å²) in [6.45, 7) is 4.35. The van der Waals surface area contributed by atoms with E-state index in [1.54, 1.807) is 0 Å². The van der Waals surface area contributed by atoms with Gasteiger partial charge in [0.15, 0.2) is 0 Å². The van der Waals surface area contributed by atoms with Gasteiger partial charge in [0.05, 0.1) is 0 Å². The lowest BCUT2D eigenvalue weighted by molar-refractivity contribution is 0.454. The standard InChI is InChI=1S/C8H15N/c1-3-8(9)5-4-7(2)6-8/h4-5,7H,3,6,9H2,1-2H3. The molecule has 1 aliphatic carbocycles. The third kappa shape index (κ3) is 1.33. The average molecular weight is 125 g/mol. The lowest BCUT2D eigenvalue weighted by atomic mass is 9.94. The fraction of sp³-hybridized carbons (Fsp3) is 0.750. The van der Waals surface area contributed by atoms with Crippen molar-refractivity contribution >= 4 is 0 Å². The van der Waals surface area contributed by atoms with E-state index in [1.807, 2.05) is 0 Å². The molecule has 0 saturated heterocycles. The molecule has 0 fully saturated rings. The topological polar surface area (TPSA) is 26.0 Å². The first kappa shape index (κ1) is 6.81. The van der Waals surface area contributed by atoms with Gasteiger partial charge in [-0.15, -0.1) is 0 Å². The van der Waals surface area contributed by atoms with Gasteiger partial charge in [-0.05, 0) is 18.8 Å². The molecule has 0 spiro atoms. The molecule has 2 N–H and O–H groups in total. The SMILES string of the molecule is CCC1(N)C=CC(C)C1. The molecule has 0 aromatic rings. The van der Waals surface area contributed by atoms with Crippen LogP contribution in [0.3, 0.4) is 0 Å².